The van der Waals surface area contributed by atoms with Crippen molar-refractivity contribution in [1.82, 2.24) is 0 Å². The maximum Gasteiger partial charge on any atom is 0.159 e. The summed E-state index contributed by atoms with van der Waals surface area (Å²) in [6.45, 7) is 0. The van der Waals surface area contributed by atoms with Gasteiger partial charge in [0.15, 0.2) is 5.78 Å². The van der Waals surface area contributed by atoms with E-state index in [1.165, 1.54) is 38.5 Å². The maximum atomic E-state index is 12.5. The molecule has 0 aliphatic heterocycles. The molecule has 2 saturated carbocycles. The van der Waals surface area contributed by atoms with Crippen LogP contribution in [-0.2, 0) is 4.79 Å². The average Bonchev–Trinajstić information content (AvgIpc) is 2.58. The normalized spacial score (nSPS) is 25.4. The first-order valence-corrected chi connectivity index (χ1v) is 8.67. The molecule has 1 atom stereocenters. The predicted molar refractivity (Wildman–Crippen MR) is 89.9 cm³/mol. The van der Waals surface area contributed by atoms with Crippen LogP contribution < -0.4 is 4.74 Å². The Labute approximate surface area is 133 Å². The molecule has 0 aromatic heterocycles. The van der Waals surface area contributed by atoms with Crippen molar-refractivity contribution < 1.29 is 9.53 Å². The lowest BCUT2D eigenvalue weighted by Gasteiger charge is -2.34. The van der Waals surface area contributed by atoms with Gasteiger partial charge >= 0.3 is 0 Å². The third-order valence-electron chi connectivity index (χ3n) is 5.28. The Kier molecular flexibility index (Phi) is 4.97. The Hall–Kier alpha value is -1.57. The third kappa shape index (κ3) is 3.43. The number of rotatable bonds is 3. The van der Waals surface area contributed by atoms with Crippen LogP contribution in [0.5, 0.6) is 5.75 Å². The Bertz CT molecular complexity index is 553. The Balaban J connectivity index is 1.88. The summed E-state index contributed by atoms with van der Waals surface area (Å²) < 4.78 is 5.30. The van der Waals surface area contributed by atoms with Crippen LogP contribution in [-0.4, -0.2) is 12.9 Å². The predicted octanol–water partition coefficient (Wildman–Crippen LogP) is 5.03. The highest BCUT2D eigenvalue weighted by molar-refractivity contribution is 6.00. The molecule has 2 heteroatoms. The summed E-state index contributed by atoms with van der Waals surface area (Å²) in [5.74, 6) is 2.42. The number of methoxy groups -OCH3 is 1. The number of ketones is 1. The van der Waals surface area contributed by atoms with Crippen molar-refractivity contribution in [1.29, 1.82) is 0 Å². The summed E-state index contributed by atoms with van der Waals surface area (Å²) in [5, 5.41) is 0. The topological polar surface area (TPSA) is 26.3 Å². The van der Waals surface area contributed by atoms with E-state index < -0.39 is 0 Å². The molecule has 3 rings (SSSR count). The maximum absolute atomic E-state index is 12.5. The lowest BCUT2D eigenvalue weighted by Crippen LogP contribution is -2.27. The van der Waals surface area contributed by atoms with E-state index in [-0.39, 0.29) is 0 Å². The minimum atomic E-state index is 0.365. The van der Waals surface area contributed by atoms with Crippen LogP contribution in [0.1, 0.15) is 56.9 Å². The number of ether oxygens (including phenoxy) is 1. The molecule has 2 aliphatic rings. The monoisotopic (exact) mass is 298 g/mol. The molecule has 0 N–H and O–H groups in total. The number of Topliss-reactive ketones (excluding diaryl/α,β-unsaturated/α-hetero) is 1. The van der Waals surface area contributed by atoms with Crippen LogP contribution in [0.15, 0.2) is 29.8 Å². The minimum Gasteiger partial charge on any atom is -0.497 e. The van der Waals surface area contributed by atoms with Crippen LogP contribution in [0.25, 0.3) is 6.08 Å². The lowest BCUT2D eigenvalue weighted by molar-refractivity contribution is -0.117. The van der Waals surface area contributed by atoms with Gasteiger partial charge in [-0.2, -0.15) is 0 Å². The lowest BCUT2D eigenvalue weighted by atomic mass is 9.70. The van der Waals surface area contributed by atoms with E-state index >= 15 is 0 Å². The van der Waals surface area contributed by atoms with Crippen molar-refractivity contribution in [2.45, 2.75) is 51.4 Å². The SMILES string of the molecule is COc1cccc(/C=C2\C(=O)CCCC2C2CCCCC2)c1. The van der Waals surface area contributed by atoms with Gasteiger partial charge in [0, 0.05) is 6.42 Å². The Morgan fingerprint density at radius 1 is 1.09 bits per heavy atom. The third-order valence-corrected chi connectivity index (χ3v) is 5.28. The second-order valence-electron chi connectivity index (χ2n) is 6.70. The van der Waals surface area contributed by atoms with Crippen LogP contribution in [0.2, 0.25) is 0 Å². The second-order valence-corrected chi connectivity index (χ2v) is 6.70. The molecule has 0 radical (unpaired) electrons. The molecule has 22 heavy (non-hydrogen) atoms. The molecule has 0 saturated heterocycles. The van der Waals surface area contributed by atoms with Gasteiger partial charge in [-0.25, -0.2) is 0 Å². The average molecular weight is 298 g/mol. The summed E-state index contributed by atoms with van der Waals surface area (Å²) in [7, 11) is 1.68. The number of hydrogen-bond acceptors (Lipinski definition) is 2. The van der Waals surface area contributed by atoms with Gasteiger partial charge in [0.1, 0.15) is 5.75 Å². The first kappa shape index (κ1) is 15.3. The van der Waals surface area contributed by atoms with Gasteiger partial charge in [0.05, 0.1) is 7.11 Å². The molecule has 0 bridgehead atoms. The van der Waals surface area contributed by atoms with E-state index in [2.05, 4.69) is 12.1 Å². The van der Waals surface area contributed by atoms with Crippen molar-refractivity contribution in [3.05, 3.63) is 35.4 Å². The van der Waals surface area contributed by atoms with Crippen LogP contribution in [0.4, 0.5) is 0 Å². The van der Waals surface area contributed by atoms with E-state index in [1.54, 1.807) is 7.11 Å². The van der Waals surface area contributed by atoms with E-state index in [4.69, 9.17) is 4.74 Å². The zero-order valence-electron chi connectivity index (χ0n) is 13.5. The fraction of sp³-hybridized carbons (Fsp3) is 0.550. The number of hydrogen-bond donors (Lipinski definition) is 0. The molecule has 118 valence electrons. The number of carbonyl (C=O) groups is 1. The molecule has 1 unspecified atom stereocenters. The fourth-order valence-corrected chi connectivity index (χ4v) is 4.11. The van der Waals surface area contributed by atoms with Crippen molar-refractivity contribution in [2.24, 2.45) is 11.8 Å². The van der Waals surface area contributed by atoms with E-state index in [1.807, 2.05) is 18.2 Å². The first-order valence-electron chi connectivity index (χ1n) is 8.67. The second kappa shape index (κ2) is 7.13. The Morgan fingerprint density at radius 2 is 1.91 bits per heavy atom. The van der Waals surface area contributed by atoms with Crippen LogP contribution in [0.3, 0.4) is 0 Å². The molecule has 0 amide bonds. The summed E-state index contributed by atoms with van der Waals surface area (Å²) >= 11 is 0. The number of allylic oxidation sites excluding steroid dienone is 1. The van der Waals surface area contributed by atoms with Gasteiger partial charge in [-0.05, 0) is 66.9 Å². The number of benzene rings is 1. The highest BCUT2D eigenvalue weighted by Gasteiger charge is 2.32. The van der Waals surface area contributed by atoms with Crippen molar-refractivity contribution >= 4 is 11.9 Å². The van der Waals surface area contributed by atoms with Gasteiger partial charge in [0.25, 0.3) is 0 Å². The largest absolute Gasteiger partial charge is 0.497 e. The van der Waals surface area contributed by atoms with Gasteiger partial charge in [-0.3, -0.25) is 4.79 Å². The minimum absolute atomic E-state index is 0.365. The summed E-state index contributed by atoms with van der Waals surface area (Å²) in [4.78, 5) is 12.5. The molecule has 1 aromatic carbocycles. The van der Waals surface area contributed by atoms with Gasteiger partial charge in [0.2, 0.25) is 0 Å². The fourth-order valence-electron chi connectivity index (χ4n) is 4.11. The van der Waals surface area contributed by atoms with Crippen molar-refractivity contribution in [3.8, 4) is 5.75 Å². The number of carbonyl (C=O) groups excluding carboxylic acids is 1. The van der Waals surface area contributed by atoms with E-state index in [0.717, 1.165) is 35.6 Å². The zero-order valence-corrected chi connectivity index (χ0v) is 13.5. The molecular weight excluding hydrogens is 272 g/mol. The van der Waals surface area contributed by atoms with Crippen molar-refractivity contribution in [2.75, 3.05) is 7.11 Å². The van der Waals surface area contributed by atoms with Crippen molar-refractivity contribution in [3.63, 3.8) is 0 Å². The standard InChI is InChI=1S/C20H26O2/c1-22-17-10-5-7-15(13-17)14-19-18(11-6-12-20(19)21)16-8-3-2-4-9-16/h5,7,10,13-14,16,18H,2-4,6,8-9,11-12H2,1H3/b19-14-. The molecule has 0 spiro atoms. The van der Waals surface area contributed by atoms with Gasteiger partial charge in [-0.15, -0.1) is 0 Å². The van der Waals surface area contributed by atoms with E-state index in [0.29, 0.717) is 11.7 Å². The van der Waals surface area contributed by atoms with Gasteiger partial charge in [-0.1, -0.05) is 31.4 Å². The zero-order chi connectivity index (χ0) is 15.4. The molecule has 0 heterocycles. The summed E-state index contributed by atoms with van der Waals surface area (Å²) in [5.41, 5.74) is 2.16. The van der Waals surface area contributed by atoms with Crippen LogP contribution in [0, 0.1) is 11.8 Å². The highest BCUT2D eigenvalue weighted by atomic mass is 16.5. The molecule has 2 aliphatic carbocycles. The van der Waals surface area contributed by atoms with Gasteiger partial charge < -0.3 is 4.74 Å². The first-order chi connectivity index (χ1) is 10.8. The quantitative estimate of drug-likeness (QED) is 0.732. The Morgan fingerprint density at radius 3 is 2.68 bits per heavy atom. The molecule has 2 fully saturated rings. The highest BCUT2D eigenvalue weighted by Crippen LogP contribution is 2.40. The van der Waals surface area contributed by atoms with Crippen LogP contribution >= 0.6 is 0 Å². The summed E-state index contributed by atoms with van der Waals surface area (Å²) in [6, 6.07) is 8.03. The van der Waals surface area contributed by atoms with E-state index in [9.17, 15) is 4.79 Å². The smallest absolute Gasteiger partial charge is 0.159 e. The molecule has 1 aromatic rings. The molecular formula is C20H26O2. The molecule has 2 nitrogen and oxygen atoms in total. The summed E-state index contributed by atoms with van der Waals surface area (Å²) in [6.07, 6.45) is 11.7.